The summed E-state index contributed by atoms with van der Waals surface area (Å²) in [7, 11) is 0. The van der Waals surface area contributed by atoms with Crippen molar-refractivity contribution in [2.45, 2.75) is 40.7 Å². The number of carbonyl (C=O) groups excluding carboxylic acids is 1. The van der Waals surface area contributed by atoms with E-state index < -0.39 is 0 Å². The number of benzene rings is 1. The summed E-state index contributed by atoms with van der Waals surface area (Å²) in [5.41, 5.74) is 1.56. The van der Waals surface area contributed by atoms with Gasteiger partial charge in [0.1, 0.15) is 11.5 Å². The number of ether oxygens (including phenoxy) is 2. The molecule has 1 aromatic carbocycles. The summed E-state index contributed by atoms with van der Waals surface area (Å²) in [4.78, 5) is 11.4. The van der Waals surface area contributed by atoms with E-state index in [9.17, 15) is 4.79 Å². The number of hydrogen-bond donors (Lipinski definition) is 0. The zero-order valence-corrected chi connectivity index (χ0v) is 11.2. The number of hydrogen-bond acceptors (Lipinski definition) is 3. The summed E-state index contributed by atoms with van der Waals surface area (Å²) < 4.78 is 11.2. The molecule has 0 aliphatic carbocycles. The van der Waals surface area contributed by atoms with Gasteiger partial charge in [-0.25, -0.2) is 0 Å². The molecule has 0 atom stereocenters. The van der Waals surface area contributed by atoms with Crippen LogP contribution in [0.15, 0.2) is 12.1 Å². The SMILES string of the molecule is CCOc1cc(C(C)=O)cc(OC(C)C)c1C. The van der Waals surface area contributed by atoms with Crippen LogP contribution in [0.5, 0.6) is 11.5 Å². The van der Waals surface area contributed by atoms with Gasteiger partial charge in [-0.2, -0.15) is 0 Å². The molecule has 0 aliphatic heterocycles. The van der Waals surface area contributed by atoms with Crippen LogP contribution < -0.4 is 9.47 Å². The Morgan fingerprint density at radius 3 is 2.35 bits per heavy atom. The molecule has 0 spiro atoms. The maximum absolute atomic E-state index is 11.4. The minimum absolute atomic E-state index is 0.0135. The Morgan fingerprint density at radius 2 is 1.88 bits per heavy atom. The molecule has 17 heavy (non-hydrogen) atoms. The molecule has 0 heterocycles. The Labute approximate surface area is 103 Å². The number of Topliss-reactive ketones (excluding diaryl/α,β-unsaturated/α-hetero) is 1. The summed E-state index contributed by atoms with van der Waals surface area (Å²) >= 11 is 0. The lowest BCUT2D eigenvalue weighted by Crippen LogP contribution is -2.09. The van der Waals surface area contributed by atoms with Gasteiger partial charge in [0.15, 0.2) is 5.78 Å². The second kappa shape index (κ2) is 5.71. The highest BCUT2D eigenvalue weighted by atomic mass is 16.5. The van der Waals surface area contributed by atoms with Gasteiger partial charge >= 0.3 is 0 Å². The van der Waals surface area contributed by atoms with Crippen LogP contribution in [-0.2, 0) is 0 Å². The fourth-order valence-electron chi connectivity index (χ4n) is 1.55. The summed E-state index contributed by atoms with van der Waals surface area (Å²) in [6.45, 7) is 9.89. The van der Waals surface area contributed by atoms with Gasteiger partial charge in [-0.05, 0) is 46.8 Å². The van der Waals surface area contributed by atoms with E-state index in [-0.39, 0.29) is 11.9 Å². The fraction of sp³-hybridized carbons (Fsp3) is 0.500. The average Bonchev–Trinajstić information content (AvgIpc) is 2.23. The monoisotopic (exact) mass is 236 g/mol. The standard InChI is InChI=1S/C14H20O3/c1-6-16-13-7-12(11(5)15)8-14(10(13)4)17-9(2)3/h7-9H,6H2,1-5H3. The van der Waals surface area contributed by atoms with Crippen LogP contribution in [0.1, 0.15) is 43.6 Å². The molecule has 0 saturated heterocycles. The fourth-order valence-corrected chi connectivity index (χ4v) is 1.55. The predicted octanol–water partition coefficient (Wildman–Crippen LogP) is 3.38. The van der Waals surface area contributed by atoms with E-state index in [1.54, 1.807) is 19.1 Å². The molecule has 0 aliphatic rings. The van der Waals surface area contributed by atoms with E-state index >= 15 is 0 Å². The van der Waals surface area contributed by atoms with Gasteiger partial charge < -0.3 is 9.47 Å². The lowest BCUT2D eigenvalue weighted by atomic mass is 10.1. The normalized spacial score (nSPS) is 10.5. The lowest BCUT2D eigenvalue weighted by molar-refractivity contribution is 0.101. The third kappa shape index (κ3) is 3.48. The number of rotatable bonds is 5. The van der Waals surface area contributed by atoms with Crippen LogP contribution in [0.4, 0.5) is 0 Å². The van der Waals surface area contributed by atoms with Crippen LogP contribution >= 0.6 is 0 Å². The Kier molecular flexibility index (Phi) is 4.55. The van der Waals surface area contributed by atoms with Crippen LogP contribution in [0.3, 0.4) is 0 Å². The number of ketones is 1. The van der Waals surface area contributed by atoms with Crippen molar-refractivity contribution in [3.8, 4) is 11.5 Å². The lowest BCUT2D eigenvalue weighted by Gasteiger charge is -2.16. The molecule has 1 aromatic rings. The van der Waals surface area contributed by atoms with Gasteiger partial charge in [0, 0.05) is 11.1 Å². The van der Waals surface area contributed by atoms with Crippen molar-refractivity contribution in [1.29, 1.82) is 0 Å². The second-order valence-electron chi connectivity index (χ2n) is 4.25. The second-order valence-corrected chi connectivity index (χ2v) is 4.25. The first kappa shape index (κ1) is 13.6. The van der Waals surface area contributed by atoms with Gasteiger partial charge in [0.2, 0.25) is 0 Å². The molecule has 3 heteroatoms. The first-order chi connectivity index (χ1) is 7.95. The van der Waals surface area contributed by atoms with E-state index in [1.165, 1.54) is 0 Å². The molecule has 0 fully saturated rings. The van der Waals surface area contributed by atoms with Gasteiger partial charge in [-0.3, -0.25) is 4.79 Å². The van der Waals surface area contributed by atoms with Gasteiger partial charge in [-0.1, -0.05) is 0 Å². The van der Waals surface area contributed by atoms with E-state index in [1.807, 2.05) is 27.7 Å². The molecular weight excluding hydrogens is 216 g/mol. The van der Waals surface area contributed by atoms with E-state index in [0.717, 1.165) is 17.1 Å². The molecule has 0 bridgehead atoms. The highest BCUT2D eigenvalue weighted by Gasteiger charge is 2.12. The quantitative estimate of drug-likeness (QED) is 0.735. The maximum Gasteiger partial charge on any atom is 0.160 e. The van der Waals surface area contributed by atoms with Crippen molar-refractivity contribution in [3.05, 3.63) is 23.3 Å². The van der Waals surface area contributed by atoms with E-state index in [2.05, 4.69) is 0 Å². The van der Waals surface area contributed by atoms with Crippen LogP contribution in [0.25, 0.3) is 0 Å². The molecule has 0 saturated carbocycles. The van der Waals surface area contributed by atoms with E-state index in [0.29, 0.717) is 12.2 Å². The first-order valence-corrected chi connectivity index (χ1v) is 5.90. The molecule has 1 rings (SSSR count). The molecule has 94 valence electrons. The van der Waals surface area contributed by atoms with Crippen molar-refractivity contribution >= 4 is 5.78 Å². The molecule has 0 amide bonds. The summed E-state index contributed by atoms with van der Waals surface area (Å²) in [5.74, 6) is 1.45. The largest absolute Gasteiger partial charge is 0.493 e. The molecule has 0 unspecified atom stereocenters. The summed E-state index contributed by atoms with van der Waals surface area (Å²) in [5, 5.41) is 0. The third-order valence-electron chi connectivity index (χ3n) is 2.38. The first-order valence-electron chi connectivity index (χ1n) is 5.90. The maximum atomic E-state index is 11.4. The van der Waals surface area contributed by atoms with Gasteiger partial charge in [0.25, 0.3) is 0 Å². The van der Waals surface area contributed by atoms with Crippen molar-refractivity contribution < 1.29 is 14.3 Å². The average molecular weight is 236 g/mol. The highest BCUT2D eigenvalue weighted by molar-refractivity contribution is 5.95. The van der Waals surface area contributed by atoms with Crippen molar-refractivity contribution in [3.63, 3.8) is 0 Å². The highest BCUT2D eigenvalue weighted by Crippen LogP contribution is 2.30. The smallest absolute Gasteiger partial charge is 0.160 e. The Morgan fingerprint density at radius 1 is 1.29 bits per heavy atom. The minimum atomic E-state index is 0.0135. The number of carbonyl (C=O) groups is 1. The Hall–Kier alpha value is -1.51. The Bertz CT molecular complexity index is 408. The van der Waals surface area contributed by atoms with Gasteiger partial charge in [0.05, 0.1) is 12.7 Å². The minimum Gasteiger partial charge on any atom is -0.493 e. The molecular formula is C14H20O3. The van der Waals surface area contributed by atoms with Crippen molar-refractivity contribution in [1.82, 2.24) is 0 Å². The third-order valence-corrected chi connectivity index (χ3v) is 2.38. The summed E-state index contributed by atoms with van der Waals surface area (Å²) in [6.07, 6.45) is 0.0744. The molecule has 3 nitrogen and oxygen atoms in total. The Balaban J connectivity index is 3.22. The molecule has 0 aromatic heterocycles. The summed E-state index contributed by atoms with van der Waals surface area (Å²) in [6, 6.07) is 3.55. The predicted molar refractivity (Wildman–Crippen MR) is 68.1 cm³/mol. The zero-order valence-electron chi connectivity index (χ0n) is 11.2. The zero-order chi connectivity index (χ0) is 13.0. The van der Waals surface area contributed by atoms with Crippen molar-refractivity contribution in [2.75, 3.05) is 6.61 Å². The van der Waals surface area contributed by atoms with Crippen LogP contribution in [0.2, 0.25) is 0 Å². The van der Waals surface area contributed by atoms with Gasteiger partial charge in [-0.15, -0.1) is 0 Å². The van der Waals surface area contributed by atoms with Crippen molar-refractivity contribution in [2.24, 2.45) is 0 Å². The van der Waals surface area contributed by atoms with Crippen LogP contribution in [-0.4, -0.2) is 18.5 Å². The van der Waals surface area contributed by atoms with Crippen LogP contribution in [0, 0.1) is 6.92 Å². The molecule has 0 radical (unpaired) electrons. The topological polar surface area (TPSA) is 35.5 Å². The van der Waals surface area contributed by atoms with E-state index in [4.69, 9.17) is 9.47 Å². The molecule has 0 N–H and O–H groups in total.